The zero-order valence-electron chi connectivity index (χ0n) is 15.3. The average molecular weight is 339 g/mol. The highest BCUT2D eigenvalue weighted by atomic mass is 15.1. The summed E-state index contributed by atoms with van der Waals surface area (Å²) < 4.78 is 2.18. The molecule has 0 unspecified atom stereocenters. The number of aryl methyl sites for hydroxylation is 3. The molecule has 3 nitrogen and oxygen atoms in total. The van der Waals surface area contributed by atoms with E-state index in [1.807, 2.05) is 24.7 Å². The summed E-state index contributed by atoms with van der Waals surface area (Å²) in [6, 6.07) is 17.0. The third kappa shape index (κ3) is 2.92. The van der Waals surface area contributed by atoms with Crippen molar-refractivity contribution in [2.24, 2.45) is 0 Å². The number of rotatable bonds is 3. The lowest BCUT2D eigenvalue weighted by atomic mass is 9.99. The van der Waals surface area contributed by atoms with Gasteiger partial charge in [-0.05, 0) is 55.7 Å². The van der Waals surface area contributed by atoms with Crippen LogP contribution in [0.3, 0.4) is 0 Å². The highest BCUT2D eigenvalue weighted by molar-refractivity contribution is 5.69. The number of imidazole rings is 1. The highest BCUT2D eigenvalue weighted by Crippen LogP contribution is 2.30. The molecular formula is C23H21N3. The molecule has 2 aromatic carbocycles. The summed E-state index contributed by atoms with van der Waals surface area (Å²) in [5, 5.41) is 0. The third-order valence-electron chi connectivity index (χ3n) is 4.68. The highest BCUT2D eigenvalue weighted by Gasteiger charge is 2.13. The number of pyridine rings is 1. The Bertz CT molecular complexity index is 1020. The molecule has 2 aromatic heterocycles. The van der Waals surface area contributed by atoms with Crippen molar-refractivity contribution < 1.29 is 0 Å². The normalized spacial score (nSPS) is 10.9. The van der Waals surface area contributed by atoms with Crippen molar-refractivity contribution in [3.8, 4) is 28.2 Å². The van der Waals surface area contributed by atoms with Crippen molar-refractivity contribution in [2.75, 3.05) is 0 Å². The summed E-state index contributed by atoms with van der Waals surface area (Å²) in [7, 11) is 0. The number of benzene rings is 2. The first kappa shape index (κ1) is 16.3. The van der Waals surface area contributed by atoms with Gasteiger partial charge in [0.2, 0.25) is 0 Å². The van der Waals surface area contributed by atoms with E-state index in [2.05, 4.69) is 77.8 Å². The van der Waals surface area contributed by atoms with Crippen LogP contribution in [0.5, 0.6) is 0 Å². The summed E-state index contributed by atoms with van der Waals surface area (Å²) in [5.74, 6) is 0.963. The largest absolute Gasteiger partial charge is 0.299 e. The molecule has 3 heteroatoms. The van der Waals surface area contributed by atoms with Gasteiger partial charge < -0.3 is 0 Å². The molecule has 0 atom stereocenters. The predicted octanol–water partition coefficient (Wildman–Crippen LogP) is 5.53. The minimum atomic E-state index is 0.963. The minimum Gasteiger partial charge on any atom is -0.299 e. The van der Waals surface area contributed by atoms with E-state index in [0.29, 0.717) is 0 Å². The Morgan fingerprint density at radius 3 is 2.15 bits per heavy atom. The van der Waals surface area contributed by atoms with Crippen molar-refractivity contribution >= 4 is 0 Å². The molecule has 0 fully saturated rings. The summed E-state index contributed by atoms with van der Waals surface area (Å²) in [5.41, 5.74) is 8.32. The SMILES string of the molecule is Cc1ccc(-c2nccn2-c2c(C)cc(-c3cccnc3)cc2C)cc1. The van der Waals surface area contributed by atoms with E-state index in [9.17, 15) is 0 Å². The van der Waals surface area contributed by atoms with Crippen LogP contribution in [0.2, 0.25) is 0 Å². The maximum atomic E-state index is 4.61. The molecule has 128 valence electrons. The summed E-state index contributed by atoms with van der Waals surface area (Å²) >= 11 is 0. The molecule has 0 amide bonds. The fourth-order valence-corrected chi connectivity index (χ4v) is 3.44. The van der Waals surface area contributed by atoms with Gasteiger partial charge in [-0.3, -0.25) is 9.55 Å². The smallest absolute Gasteiger partial charge is 0.144 e. The van der Waals surface area contributed by atoms with E-state index < -0.39 is 0 Å². The molecule has 2 heterocycles. The van der Waals surface area contributed by atoms with Crippen LogP contribution in [-0.2, 0) is 0 Å². The molecule has 0 aliphatic heterocycles. The van der Waals surface area contributed by atoms with Gasteiger partial charge in [-0.1, -0.05) is 35.9 Å². The van der Waals surface area contributed by atoms with E-state index in [1.165, 1.54) is 27.9 Å². The van der Waals surface area contributed by atoms with Gasteiger partial charge in [-0.15, -0.1) is 0 Å². The van der Waals surface area contributed by atoms with Crippen molar-refractivity contribution in [1.82, 2.24) is 14.5 Å². The third-order valence-corrected chi connectivity index (χ3v) is 4.68. The standard InChI is InChI=1S/C23H21N3/c1-16-6-8-19(9-7-16)23-25-11-12-26(23)22-17(2)13-21(14-18(22)3)20-5-4-10-24-15-20/h4-15H,1-3H3. The van der Waals surface area contributed by atoms with Crippen molar-refractivity contribution in [2.45, 2.75) is 20.8 Å². The first-order valence-corrected chi connectivity index (χ1v) is 8.76. The van der Waals surface area contributed by atoms with Crippen LogP contribution >= 0.6 is 0 Å². The number of hydrogen-bond donors (Lipinski definition) is 0. The van der Waals surface area contributed by atoms with Gasteiger partial charge in [-0.2, -0.15) is 0 Å². The van der Waals surface area contributed by atoms with Crippen LogP contribution < -0.4 is 0 Å². The second kappa shape index (κ2) is 6.60. The lowest BCUT2D eigenvalue weighted by molar-refractivity contribution is 1.03. The zero-order valence-corrected chi connectivity index (χ0v) is 15.3. The molecule has 0 N–H and O–H groups in total. The Morgan fingerprint density at radius 1 is 0.769 bits per heavy atom. The Labute approximate surface area is 154 Å². The zero-order chi connectivity index (χ0) is 18.1. The molecule has 4 rings (SSSR count). The molecule has 4 aromatic rings. The monoisotopic (exact) mass is 339 g/mol. The van der Waals surface area contributed by atoms with E-state index in [0.717, 1.165) is 17.0 Å². The lowest BCUT2D eigenvalue weighted by Gasteiger charge is -2.16. The second-order valence-electron chi connectivity index (χ2n) is 6.69. The van der Waals surface area contributed by atoms with Gasteiger partial charge >= 0.3 is 0 Å². The Hall–Kier alpha value is -3.20. The molecule has 0 saturated heterocycles. The fourth-order valence-electron chi connectivity index (χ4n) is 3.44. The van der Waals surface area contributed by atoms with E-state index >= 15 is 0 Å². The lowest BCUT2D eigenvalue weighted by Crippen LogP contribution is -2.02. The molecule has 0 radical (unpaired) electrons. The van der Waals surface area contributed by atoms with Gasteiger partial charge in [0.15, 0.2) is 0 Å². The van der Waals surface area contributed by atoms with Crippen LogP contribution in [0.25, 0.3) is 28.2 Å². The van der Waals surface area contributed by atoms with Crippen LogP contribution in [-0.4, -0.2) is 14.5 Å². The Morgan fingerprint density at radius 2 is 1.50 bits per heavy atom. The first-order chi connectivity index (χ1) is 12.6. The number of hydrogen-bond acceptors (Lipinski definition) is 2. The topological polar surface area (TPSA) is 30.7 Å². The minimum absolute atomic E-state index is 0.963. The van der Waals surface area contributed by atoms with Crippen molar-refractivity contribution in [3.63, 3.8) is 0 Å². The molecular weight excluding hydrogens is 318 g/mol. The average Bonchev–Trinajstić information content (AvgIpc) is 3.12. The first-order valence-electron chi connectivity index (χ1n) is 8.76. The second-order valence-corrected chi connectivity index (χ2v) is 6.69. The van der Waals surface area contributed by atoms with Gasteiger partial charge in [0.05, 0.1) is 5.69 Å². The van der Waals surface area contributed by atoms with Crippen molar-refractivity contribution in [3.05, 3.63) is 90.0 Å². The van der Waals surface area contributed by atoms with Gasteiger partial charge in [0.1, 0.15) is 5.82 Å². The fraction of sp³-hybridized carbons (Fsp3) is 0.130. The summed E-state index contributed by atoms with van der Waals surface area (Å²) in [6.45, 7) is 6.41. The molecule has 0 spiro atoms. The van der Waals surface area contributed by atoms with Crippen molar-refractivity contribution in [1.29, 1.82) is 0 Å². The quantitative estimate of drug-likeness (QED) is 0.491. The molecule has 26 heavy (non-hydrogen) atoms. The maximum Gasteiger partial charge on any atom is 0.144 e. The van der Waals surface area contributed by atoms with Crippen LogP contribution in [0.4, 0.5) is 0 Å². The number of nitrogens with zero attached hydrogens (tertiary/aromatic N) is 3. The van der Waals surface area contributed by atoms with Crippen LogP contribution in [0, 0.1) is 20.8 Å². The van der Waals surface area contributed by atoms with E-state index in [1.54, 1.807) is 6.20 Å². The predicted molar refractivity (Wildman–Crippen MR) is 106 cm³/mol. The Kier molecular flexibility index (Phi) is 4.13. The summed E-state index contributed by atoms with van der Waals surface area (Å²) in [6.07, 6.45) is 7.61. The molecule has 0 bridgehead atoms. The molecule has 0 saturated carbocycles. The van der Waals surface area contributed by atoms with Gasteiger partial charge in [0, 0.05) is 35.9 Å². The van der Waals surface area contributed by atoms with Crippen LogP contribution in [0.1, 0.15) is 16.7 Å². The number of aromatic nitrogens is 3. The van der Waals surface area contributed by atoms with E-state index in [4.69, 9.17) is 0 Å². The maximum absolute atomic E-state index is 4.61. The van der Waals surface area contributed by atoms with Gasteiger partial charge in [0.25, 0.3) is 0 Å². The Balaban J connectivity index is 1.83. The van der Waals surface area contributed by atoms with E-state index in [-0.39, 0.29) is 0 Å². The van der Waals surface area contributed by atoms with Crippen LogP contribution in [0.15, 0.2) is 73.3 Å². The van der Waals surface area contributed by atoms with Gasteiger partial charge in [-0.25, -0.2) is 4.98 Å². The molecule has 0 aliphatic rings. The summed E-state index contributed by atoms with van der Waals surface area (Å²) in [4.78, 5) is 8.85. The molecule has 0 aliphatic carbocycles.